The van der Waals surface area contributed by atoms with Crippen molar-refractivity contribution in [2.24, 2.45) is 0 Å². The summed E-state index contributed by atoms with van der Waals surface area (Å²) in [6.45, 7) is 0. The Kier molecular flexibility index (Phi) is 2.93. The molecule has 1 aromatic carbocycles. The molecule has 1 aliphatic carbocycles. The molecule has 4 heteroatoms. The van der Waals surface area contributed by atoms with Gasteiger partial charge in [0.05, 0.1) is 0 Å². The molecule has 1 aromatic rings. The van der Waals surface area contributed by atoms with Crippen LogP contribution >= 0.6 is 0 Å². The number of hydrogen-bond donors (Lipinski definition) is 1. The van der Waals surface area contributed by atoms with E-state index in [1.165, 1.54) is 0 Å². The van der Waals surface area contributed by atoms with Crippen LogP contribution in [0.25, 0.3) is 0 Å². The van der Waals surface area contributed by atoms with E-state index in [1.807, 2.05) is 12.1 Å². The molecule has 0 aliphatic heterocycles. The number of aliphatic hydroxyl groups is 1. The molecule has 2 rings (SSSR count). The molecular weight excluding hydrogens is 217 g/mol. The van der Waals surface area contributed by atoms with Crippen molar-refractivity contribution in [3.05, 3.63) is 35.4 Å². The van der Waals surface area contributed by atoms with Gasteiger partial charge >= 0.3 is 6.18 Å². The van der Waals surface area contributed by atoms with Gasteiger partial charge < -0.3 is 5.11 Å². The summed E-state index contributed by atoms with van der Waals surface area (Å²) in [5, 5.41) is 9.33. The Morgan fingerprint density at radius 2 is 1.94 bits per heavy atom. The minimum Gasteiger partial charge on any atom is -0.383 e. The zero-order chi connectivity index (χ0) is 11.8. The average Bonchev–Trinajstić information content (AvgIpc) is 2.26. The highest BCUT2D eigenvalue weighted by Gasteiger charge is 2.44. The number of hydrogen-bond acceptors (Lipinski definition) is 1. The van der Waals surface area contributed by atoms with E-state index < -0.39 is 18.2 Å². The second-order valence-electron chi connectivity index (χ2n) is 4.18. The fourth-order valence-electron chi connectivity index (χ4n) is 2.35. The topological polar surface area (TPSA) is 20.2 Å². The van der Waals surface area contributed by atoms with Crippen LogP contribution in [0.1, 0.15) is 29.9 Å². The minimum atomic E-state index is -4.53. The summed E-state index contributed by atoms with van der Waals surface area (Å²) in [6, 6.07) is 7.07. The van der Waals surface area contributed by atoms with Crippen molar-refractivity contribution in [1.82, 2.24) is 0 Å². The second-order valence-corrected chi connectivity index (χ2v) is 4.18. The van der Waals surface area contributed by atoms with Crippen LogP contribution in [0.15, 0.2) is 24.3 Å². The van der Waals surface area contributed by atoms with Crippen LogP contribution in [0.5, 0.6) is 0 Å². The third-order valence-electron chi connectivity index (χ3n) is 3.13. The summed E-state index contributed by atoms with van der Waals surface area (Å²) in [7, 11) is 0. The zero-order valence-corrected chi connectivity index (χ0v) is 8.67. The lowest BCUT2D eigenvalue weighted by atomic mass is 9.79. The number of benzene rings is 1. The number of aryl methyl sites for hydroxylation is 1. The van der Waals surface area contributed by atoms with Gasteiger partial charge in [-0.25, -0.2) is 0 Å². The van der Waals surface area contributed by atoms with Gasteiger partial charge in [0.1, 0.15) is 0 Å². The fraction of sp³-hybridized carbons (Fsp3) is 0.500. The van der Waals surface area contributed by atoms with Crippen molar-refractivity contribution >= 4 is 0 Å². The minimum absolute atomic E-state index is 0.400. The van der Waals surface area contributed by atoms with Crippen molar-refractivity contribution < 1.29 is 18.3 Å². The number of fused-ring (bicyclic) bond motifs is 1. The van der Waals surface area contributed by atoms with E-state index in [2.05, 4.69) is 0 Å². The highest BCUT2D eigenvalue weighted by atomic mass is 19.4. The van der Waals surface area contributed by atoms with Crippen molar-refractivity contribution in [3.8, 4) is 0 Å². The van der Waals surface area contributed by atoms with Gasteiger partial charge in [0.2, 0.25) is 0 Å². The van der Waals surface area contributed by atoms with Gasteiger partial charge in [-0.3, -0.25) is 0 Å². The maximum Gasteiger partial charge on any atom is 0.414 e. The average molecular weight is 230 g/mol. The third kappa shape index (κ3) is 2.07. The molecule has 16 heavy (non-hydrogen) atoms. The van der Waals surface area contributed by atoms with E-state index in [0.717, 1.165) is 12.0 Å². The Morgan fingerprint density at radius 3 is 2.62 bits per heavy atom. The molecule has 0 saturated heterocycles. The molecule has 1 nitrogen and oxygen atoms in total. The molecule has 1 unspecified atom stereocenters. The van der Waals surface area contributed by atoms with Crippen LogP contribution in [0.2, 0.25) is 0 Å². The molecule has 0 spiro atoms. The van der Waals surface area contributed by atoms with E-state index >= 15 is 0 Å². The Hall–Kier alpha value is -1.03. The highest BCUT2D eigenvalue weighted by Crippen LogP contribution is 2.39. The largest absolute Gasteiger partial charge is 0.414 e. The van der Waals surface area contributed by atoms with Crippen LogP contribution in [0.3, 0.4) is 0 Å². The van der Waals surface area contributed by atoms with Gasteiger partial charge in [0.15, 0.2) is 6.10 Å². The van der Waals surface area contributed by atoms with E-state index in [0.29, 0.717) is 18.4 Å². The molecule has 0 aromatic heterocycles. The smallest absolute Gasteiger partial charge is 0.383 e. The standard InChI is InChI=1S/C12H13F3O/c13-12(14,15)11(16)10-7-3-5-8-4-1-2-6-9(8)10/h1-2,4,6,10-11,16H,3,5,7H2/t10?,11-/m1/s1. The van der Waals surface area contributed by atoms with E-state index in [4.69, 9.17) is 0 Å². The summed E-state index contributed by atoms with van der Waals surface area (Å²) < 4.78 is 37.4. The van der Waals surface area contributed by atoms with Crippen LogP contribution in [0.4, 0.5) is 13.2 Å². The first-order chi connectivity index (χ1) is 7.50. The van der Waals surface area contributed by atoms with Gasteiger partial charge in [0.25, 0.3) is 0 Å². The molecule has 0 fully saturated rings. The van der Waals surface area contributed by atoms with E-state index in [-0.39, 0.29) is 0 Å². The summed E-state index contributed by atoms with van der Waals surface area (Å²) in [5.41, 5.74) is 1.58. The van der Waals surface area contributed by atoms with Crippen LogP contribution in [-0.2, 0) is 6.42 Å². The van der Waals surface area contributed by atoms with E-state index in [9.17, 15) is 18.3 Å². The molecular formula is C12H13F3O. The van der Waals surface area contributed by atoms with Crippen molar-refractivity contribution in [1.29, 1.82) is 0 Å². The quantitative estimate of drug-likeness (QED) is 0.786. The normalized spacial score (nSPS) is 22.6. The number of alkyl halides is 3. The maximum absolute atomic E-state index is 12.5. The predicted molar refractivity (Wildman–Crippen MR) is 54.2 cm³/mol. The monoisotopic (exact) mass is 230 g/mol. The molecule has 0 amide bonds. The summed E-state index contributed by atoms with van der Waals surface area (Å²) in [4.78, 5) is 0. The Labute approximate surface area is 91.9 Å². The van der Waals surface area contributed by atoms with Gasteiger partial charge in [-0.15, -0.1) is 0 Å². The van der Waals surface area contributed by atoms with E-state index in [1.54, 1.807) is 12.1 Å². The fourth-order valence-corrected chi connectivity index (χ4v) is 2.35. The summed E-state index contributed by atoms with van der Waals surface area (Å²) in [6.07, 6.45) is -4.87. The Bertz CT molecular complexity index is 373. The first-order valence-corrected chi connectivity index (χ1v) is 5.32. The summed E-state index contributed by atoms with van der Waals surface area (Å²) in [5.74, 6) is -0.801. The van der Waals surface area contributed by atoms with Crippen molar-refractivity contribution in [3.63, 3.8) is 0 Å². The maximum atomic E-state index is 12.5. The first-order valence-electron chi connectivity index (χ1n) is 5.32. The third-order valence-corrected chi connectivity index (χ3v) is 3.13. The zero-order valence-electron chi connectivity index (χ0n) is 8.67. The lowest BCUT2D eigenvalue weighted by Crippen LogP contribution is -2.36. The second kappa shape index (κ2) is 4.09. The molecule has 1 N–H and O–H groups in total. The number of halogens is 3. The SMILES string of the molecule is O[C@H](C1CCCc2ccccc21)C(F)(F)F. The van der Waals surface area contributed by atoms with Gasteiger partial charge in [-0.1, -0.05) is 24.3 Å². The predicted octanol–water partition coefficient (Wildman–Crippen LogP) is 3.03. The molecule has 0 bridgehead atoms. The lowest BCUT2D eigenvalue weighted by molar-refractivity contribution is -0.211. The van der Waals surface area contributed by atoms with Gasteiger partial charge in [-0.05, 0) is 30.4 Å². The van der Waals surface area contributed by atoms with Gasteiger partial charge in [0, 0.05) is 5.92 Å². The Morgan fingerprint density at radius 1 is 1.25 bits per heavy atom. The molecule has 88 valence electrons. The number of rotatable bonds is 1. The number of aliphatic hydroxyl groups excluding tert-OH is 1. The van der Waals surface area contributed by atoms with Crippen LogP contribution in [-0.4, -0.2) is 17.4 Å². The molecule has 0 heterocycles. The van der Waals surface area contributed by atoms with Crippen molar-refractivity contribution in [2.45, 2.75) is 37.5 Å². The van der Waals surface area contributed by atoms with Crippen molar-refractivity contribution in [2.75, 3.05) is 0 Å². The summed E-state index contributed by atoms with van der Waals surface area (Å²) >= 11 is 0. The van der Waals surface area contributed by atoms with Crippen LogP contribution < -0.4 is 0 Å². The molecule has 0 radical (unpaired) electrons. The van der Waals surface area contributed by atoms with Gasteiger partial charge in [-0.2, -0.15) is 13.2 Å². The Balaban J connectivity index is 2.32. The molecule has 1 aliphatic rings. The molecule has 0 saturated carbocycles. The first kappa shape index (κ1) is 11.5. The lowest BCUT2D eigenvalue weighted by Gasteiger charge is -2.30. The highest BCUT2D eigenvalue weighted by molar-refractivity contribution is 5.33. The van der Waals surface area contributed by atoms with Crippen LogP contribution in [0, 0.1) is 0 Å². The molecule has 2 atom stereocenters.